The van der Waals surface area contributed by atoms with E-state index in [0.717, 1.165) is 5.52 Å². The van der Waals surface area contributed by atoms with Crippen LogP contribution in [0.4, 0.5) is 11.4 Å². The first kappa shape index (κ1) is 14.2. The minimum atomic E-state index is -0.523. The van der Waals surface area contributed by atoms with Crippen molar-refractivity contribution in [3.05, 3.63) is 64.5 Å². The molecule has 0 unspecified atom stereocenters. The second-order valence-electron chi connectivity index (χ2n) is 4.56. The van der Waals surface area contributed by atoms with Crippen LogP contribution in [0, 0.1) is 21.4 Å². The number of imidazole rings is 1. The van der Waals surface area contributed by atoms with Crippen molar-refractivity contribution < 1.29 is 4.92 Å². The standard InChI is InChI=1S/C15H10N6O2/c16-9-13(15-17-10-5-1-2-6-11(10)18-15)20-19-12-7-3-4-8-14(12)21(22)23/h1-8,19H,(H,17,18). The highest BCUT2D eigenvalue weighted by molar-refractivity contribution is 6.10. The summed E-state index contributed by atoms with van der Waals surface area (Å²) in [4.78, 5) is 17.7. The van der Waals surface area contributed by atoms with Crippen LogP contribution >= 0.6 is 0 Å². The van der Waals surface area contributed by atoms with Gasteiger partial charge in [0.2, 0.25) is 5.71 Å². The van der Waals surface area contributed by atoms with Gasteiger partial charge in [0.05, 0.1) is 16.0 Å². The second-order valence-corrected chi connectivity index (χ2v) is 4.56. The van der Waals surface area contributed by atoms with Gasteiger partial charge in [0, 0.05) is 6.07 Å². The maximum absolute atomic E-state index is 11.0. The van der Waals surface area contributed by atoms with E-state index in [1.807, 2.05) is 24.3 Å². The van der Waals surface area contributed by atoms with E-state index in [0.29, 0.717) is 11.3 Å². The average molecular weight is 306 g/mol. The van der Waals surface area contributed by atoms with Crippen molar-refractivity contribution >= 4 is 28.1 Å². The first-order chi connectivity index (χ1) is 11.2. The molecule has 23 heavy (non-hydrogen) atoms. The lowest BCUT2D eigenvalue weighted by molar-refractivity contribution is -0.384. The molecule has 8 nitrogen and oxygen atoms in total. The number of para-hydroxylation sites is 4. The molecule has 2 aromatic carbocycles. The maximum Gasteiger partial charge on any atom is 0.294 e. The van der Waals surface area contributed by atoms with E-state index in [4.69, 9.17) is 0 Å². The molecule has 0 aliphatic heterocycles. The maximum atomic E-state index is 11.0. The third-order valence-corrected chi connectivity index (χ3v) is 3.11. The van der Waals surface area contributed by atoms with Gasteiger partial charge < -0.3 is 4.98 Å². The topological polar surface area (TPSA) is 120 Å². The van der Waals surface area contributed by atoms with Crippen LogP contribution in [-0.4, -0.2) is 20.6 Å². The predicted molar refractivity (Wildman–Crippen MR) is 85.0 cm³/mol. The van der Waals surface area contributed by atoms with Crippen LogP contribution in [0.15, 0.2) is 53.6 Å². The third-order valence-electron chi connectivity index (χ3n) is 3.11. The summed E-state index contributed by atoms with van der Waals surface area (Å²) in [5.74, 6) is 0.291. The van der Waals surface area contributed by atoms with Crippen molar-refractivity contribution in [3.8, 4) is 6.07 Å². The number of nitro benzene ring substituents is 1. The van der Waals surface area contributed by atoms with Crippen molar-refractivity contribution in [2.45, 2.75) is 0 Å². The number of hydrogen-bond acceptors (Lipinski definition) is 6. The molecule has 0 fully saturated rings. The van der Waals surface area contributed by atoms with Crippen LogP contribution in [0.2, 0.25) is 0 Å². The zero-order valence-corrected chi connectivity index (χ0v) is 11.7. The second kappa shape index (κ2) is 5.95. The zero-order chi connectivity index (χ0) is 16.2. The molecule has 1 heterocycles. The minimum Gasteiger partial charge on any atom is -0.336 e. The van der Waals surface area contributed by atoms with Crippen molar-refractivity contribution in [1.82, 2.24) is 9.97 Å². The van der Waals surface area contributed by atoms with Crippen LogP contribution in [-0.2, 0) is 0 Å². The van der Waals surface area contributed by atoms with Crippen molar-refractivity contribution in [1.29, 1.82) is 5.26 Å². The number of nitrogens with one attached hydrogen (secondary N) is 2. The van der Waals surface area contributed by atoms with Crippen LogP contribution in [0.1, 0.15) is 5.82 Å². The molecule has 0 bridgehead atoms. The molecule has 0 spiro atoms. The van der Waals surface area contributed by atoms with Gasteiger partial charge in [-0.25, -0.2) is 4.98 Å². The summed E-state index contributed by atoms with van der Waals surface area (Å²) in [6.45, 7) is 0. The number of fused-ring (bicyclic) bond motifs is 1. The monoisotopic (exact) mass is 306 g/mol. The Morgan fingerprint density at radius 1 is 1.26 bits per heavy atom. The quantitative estimate of drug-likeness (QED) is 0.436. The third kappa shape index (κ3) is 2.84. The Balaban J connectivity index is 1.94. The lowest BCUT2D eigenvalue weighted by atomic mass is 10.3. The molecule has 0 radical (unpaired) electrons. The molecule has 0 saturated carbocycles. The molecule has 0 saturated heterocycles. The fraction of sp³-hybridized carbons (Fsp3) is 0. The number of benzene rings is 2. The van der Waals surface area contributed by atoms with E-state index in [9.17, 15) is 15.4 Å². The van der Waals surface area contributed by atoms with Gasteiger partial charge >= 0.3 is 0 Å². The molecule has 3 aromatic rings. The van der Waals surface area contributed by atoms with Gasteiger partial charge in [-0.2, -0.15) is 10.4 Å². The molecule has 0 amide bonds. The largest absolute Gasteiger partial charge is 0.336 e. The van der Waals surface area contributed by atoms with Crippen LogP contribution in [0.25, 0.3) is 11.0 Å². The molecule has 0 atom stereocenters. The van der Waals surface area contributed by atoms with Gasteiger partial charge in [-0.05, 0) is 18.2 Å². The fourth-order valence-corrected chi connectivity index (χ4v) is 2.04. The van der Waals surface area contributed by atoms with Crippen LogP contribution in [0.3, 0.4) is 0 Å². The number of hydrogen-bond donors (Lipinski definition) is 2. The van der Waals surface area contributed by atoms with Crippen molar-refractivity contribution in [2.75, 3.05) is 5.43 Å². The number of nitrogens with zero attached hydrogens (tertiary/aromatic N) is 4. The molecule has 8 heteroatoms. The molecule has 2 N–H and O–H groups in total. The fourth-order valence-electron chi connectivity index (χ4n) is 2.04. The highest BCUT2D eigenvalue weighted by atomic mass is 16.6. The van der Waals surface area contributed by atoms with E-state index < -0.39 is 4.92 Å². The molecule has 0 aliphatic carbocycles. The number of aromatic amines is 1. The summed E-state index contributed by atoms with van der Waals surface area (Å²) in [7, 11) is 0. The Morgan fingerprint density at radius 2 is 2.00 bits per heavy atom. The summed E-state index contributed by atoms with van der Waals surface area (Å²) >= 11 is 0. The lowest BCUT2D eigenvalue weighted by Gasteiger charge is -2.01. The van der Waals surface area contributed by atoms with Crippen LogP contribution in [0.5, 0.6) is 0 Å². The van der Waals surface area contributed by atoms with E-state index in [2.05, 4.69) is 20.5 Å². The molecular formula is C15H10N6O2. The van der Waals surface area contributed by atoms with E-state index >= 15 is 0 Å². The molecule has 1 aromatic heterocycles. The van der Waals surface area contributed by atoms with Gasteiger partial charge in [0.15, 0.2) is 5.82 Å². The van der Waals surface area contributed by atoms with E-state index in [1.54, 1.807) is 18.2 Å². The smallest absolute Gasteiger partial charge is 0.294 e. The van der Waals surface area contributed by atoms with Crippen molar-refractivity contribution in [3.63, 3.8) is 0 Å². The van der Waals surface area contributed by atoms with Gasteiger partial charge in [-0.15, -0.1) is 0 Å². The Bertz CT molecular complexity index is 921. The number of nitriles is 1. The van der Waals surface area contributed by atoms with Crippen molar-refractivity contribution in [2.24, 2.45) is 5.10 Å². The highest BCUT2D eigenvalue weighted by Crippen LogP contribution is 2.23. The van der Waals surface area contributed by atoms with Crippen LogP contribution < -0.4 is 5.43 Å². The summed E-state index contributed by atoms with van der Waals surface area (Å²) in [5, 5.41) is 24.1. The van der Waals surface area contributed by atoms with E-state index in [-0.39, 0.29) is 17.1 Å². The summed E-state index contributed by atoms with van der Waals surface area (Å²) in [6, 6.07) is 15.3. The molecular weight excluding hydrogens is 296 g/mol. The zero-order valence-electron chi connectivity index (χ0n) is 11.7. The number of nitro groups is 1. The molecule has 112 valence electrons. The van der Waals surface area contributed by atoms with Gasteiger partial charge in [0.25, 0.3) is 5.69 Å². The Morgan fingerprint density at radius 3 is 2.74 bits per heavy atom. The lowest BCUT2D eigenvalue weighted by Crippen LogP contribution is -2.05. The normalized spacial score (nSPS) is 11.2. The number of hydrazone groups is 1. The Labute approximate surface area is 130 Å². The minimum absolute atomic E-state index is 0.000601. The van der Waals surface area contributed by atoms with Gasteiger partial charge in [-0.1, -0.05) is 24.3 Å². The highest BCUT2D eigenvalue weighted by Gasteiger charge is 2.13. The molecule has 3 rings (SSSR count). The number of aromatic nitrogens is 2. The SMILES string of the molecule is N#CC(=NNc1ccccc1[N+](=O)[O-])c1nc2ccccc2[nH]1. The summed E-state index contributed by atoms with van der Waals surface area (Å²) in [5.41, 5.74) is 4.10. The van der Waals surface area contributed by atoms with Gasteiger partial charge in [0.1, 0.15) is 11.8 Å². The number of H-pyrrole nitrogens is 1. The molecule has 0 aliphatic rings. The number of anilines is 1. The first-order valence-electron chi connectivity index (χ1n) is 6.61. The number of rotatable bonds is 4. The van der Waals surface area contributed by atoms with Gasteiger partial charge in [-0.3, -0.25) is 15.5 Å². The Hall–Kier alpha value is -3.73. The summed E-state index contributed by atoms with van der Waals surface area (Å²) in [6.07, 6.45) is 0. The first-order valence-corrected chi connectivity index (χ1v) is 6.61. The average Bonchev–Trinajstić information content (AvgIpc) is 2.99. The van der Waals surface area contributed by atoms with E-state index in [1.165, 1.54) is 12.1 Å². The Kier molecular flexibility index (Phi) is 3.68. The summed E-state index contributed by atoms with van der Waals surface area (Å²) < 4.78 is 0. The predicted octanol–water partition coefficient (Wildman–Crippen LogP) is 2.81.